The van der Waals surface area contributed by atoms with Gasteiger partial charge in [0.2, 0.25) is 0 Å². The number of fused-ring (bicyclic) bond motifs is 1. The molecule has 0 fully saturated rings. The van der Waals surface area contributed by atoms with Gasteiger partial charge >= 0.3 is 0 Å². The summed E-state index contributed by atoms with van der Waals surface area (Å²) < 4.78 is 2.03. The van der Waals surface area contributed by atoms with E-state index in [1.807, 2.05) is 35.7 Å². The van der Waals surface area contributed by atoms with Gasteiger partial charge in [-0.25, -0.2) is 4.98 Å². The van der Waals surface area contributed by atoms with Crippen molar-refractivity contribution in [2.75, 3.05) is 0 Å². The topological polar surface area (TPSA) is 60.4 Å². The highest BCUT2D eigenvalue weighted by molar-refractivity contribution is 5.66. The molecule has 3 rings (SSSR count). The monoisotopic (exact) mass is 253 g/mol. The number of nitrogens with zero attached hydrogens (tertiary/aromatic N) is 3. The first-order valence-corrected chi connectivity index (χ1v) is 5.85. The van der Waals surface area contributed by atoms with Crippen molar-refractivity contribution in [3.63, 3.8) is 0 Å². The van der Waals surface area contributed by atoms with Gasteiger partial charge in [-0.3, -0.25) is 14.5 Å². The van der Waals surface area contributed by atoms with E-state index < -0.39 is 4.92 Å². The van der Waals surface area contributed by atoms with Gasteiger partial charge in [-0.1, -0.05) is 6.07 Å². The highest BCUT2D eigenvalue weighted by atomic mass is 16.6. The van der Waals surface area contributed by atoms with Crippen LogP contribution in [0.15, 0.2) is 48.7 Å². The summed E-state index contributed by atoms with van der Waals surface area (Å²) in [5.74, 6) is 0.893. The first-order chi connectivity index (χ1) is 9.16. The van der Waals surface area contributed by atoms with Crippen LogP contribution >= 0.6 is 0 Å². The molecule has 1 aromatic carbocycles. The summed E-state index contributed by atoms with van der Waals surface area (Å²) in [5, 5.41) is 10.7. The number of nitro groups is 1. The Hall–Kier alpha value is -2.69. The van der Waals surface area contributed by atoms with Gasteiger partial charge in [-0.2, -0.15) is 0 Å². The van der Waals surface area contributed by atoms with Crippen LogP contribution in [0.5, 0.6) is 0 Å². The predicted molar refractivity (Wildman–Crippen MR) is 72.0 cm³/mol. The highest BCUT2D eigenvalue weighted by Crippen LogP contribution is 2.24. The van der Waals surface area contributed by atoms with E-state index in [9.17, 15) is 10.1 Å². The number of non-ortho nitro benzene ring substituents is 1. The van der Waals surface area contributed by atoms with Crippen molar-refractivity contribution in [2.45, 2.75) is 6.92 Å². The number of aromatic nitrogens is 2. The molecule has 19 heavy (non-hydrogen) atoms. The summed E-state index contributed by atoms with van der Waals surface area (Å²) in [6.45, 7) is 1.93. The van der Waals surface area contributed by atoms with E-state index in [1.165, 1.54) is 12.1 Å². The van der Waals surface area contributed by atoms with Crippen molar-refractivity contribution in [1.29, 1.82) is 0 Å². The lowest BCUT2D eigenvalue weighted by molar-refractivity contribution is -0.384. The van der Waals surface area contributed by atoms with Crippen LogP contribution in [0.25, 0.3) is 16.8 Å². The van der Waals surface area contributed by atoms with Crippen molar-refractivity contribution in [1.82, 2.24) is 9.38 Å². The maximum Gasteiger partial charge on any atom is 0.269 e. The van der Waals surface area contributed by atoms with E-state index in [4.69, 9.17) is 0 Å². The molecule has 0 aliphatic heterocycles. The molecule has 0 radical (unpaired) electrons. The fourth-order valence-electron chi connectivity index (χ4n) is 2.18. The van der Waals surface area contributed by atoms with E-state index >= 15 is 0 Å². The fourth-order valence-corrected chi connectivity index (χ4v) is 2.18. The Labute approximate surface area is 109 Å². The number of aryl methyl sites for hydroxylation is 1. The normalized spacial score (nSPS) is 10.8. The molecule has 2 heterocycles. The van der Waals surface area contributed by atoms with Crippen LogP contribution in [0.3, 0.4) is 0 Å². The van der Waals surface area contributed by atoms with Crippen molar-refractivity contribution in [2.24, 2.45) is 0 Å². The molecule has 2 aromatic heterocycles. The standard InChI is InChI=1S/C14H11N3O2/c1-10-15-9-13-3-2-4-14(16(10)13)11-5-7-12(8-6-11)17(18)19/h2-9H,1H3. The van der Waals surface area contributed by atoms with Crippen molar-refractivity contribution in [3.05, 3.63) is 64.6 Å². The van der Waals surface area contributed by atoms with Crippen LogP contribution in [0, 0.1) is 17.0 Å². The second kappa shape index (κ2) is 4.20. The molecule has 3 aromatic rings. The van der Waals surface area contributed by atoms with Gasteiger partial charge in [0, 0.05) is 12.1 Å². The minimum absolute atomic E-state index is 0.0956. The zero-order valence-corrected chi connectivity index (χ0v) is 10.3. The number of hydrogen-bond donors (Lipinski definition) is 0. The van der Waals surface area contributed by atoms with Crippen LogP contribution in [-0.4, -0.2) is 14.3 Å². The number of rotatable bonds is 2. The molecule has 5 nitrogen and oxygen atoms in total. The predicted octanol–water partition coefficient (Wildman–Crippen LogP) is 3.22. The second-order valence-electron chi connectivity index (χ2n) is 4.28. The van der Waals surface area contributed by atoms with E-state index in [1.54, 1.807) is 12.1 Å². The van der Waals surface area contributed by atoms with E-state index in [0.717, 1.165) is 22.6 Å². The highest BCUT2D eigenvalue weighted by Gasteiger charge is 2.09. The summed E-state index contributed by atoms with van der Waals surface area (Å²) in [4.78, 5) is 14.6. The largest absolute Gasteiger partial charge is 0.297 e. The first kappa shape index (κ1) is 11.4. The van der Waals surface area contributed by atoms with Crippen LogP contribution in [-0.2, 0) is 0 Å². The maximum absolute atomic E-state index is 10.7. The maximum atomic E-state index is 10.7. The molecule has 94 valence electrons. The van der Waals surface area contributed by atoms with Gasteiger partial charge in [-0.15, -0.1) is 0 Å². The summed E-state index contributed by atoms with van der Waals surface area (Å²) in [5.41, 5.74) is 3.01. The molecule has 0 atom stereocenters. The minimum atomic E-state index is -0.396. The average Bonchev–Trinajstić information content (AvgIpc) is 2.81. The molecule has 0 unspecified atom stereocenters. The molecule has 0 amide bonds. The smallest absolute Gasteiger partial charge is 0.269 e. The zero-order valence-electron chi connectivity index (χ0n) is 10.3. The first-order valence-electron chi connectivity index (χ1n) is 5.85. The summed E-state index contributed by atoms with van der Waals surface area (Å²) in [6, 6.07) is 12.4. The summed E-state index contributed by atoms with van der Waals surface area (Å²) >= 11 is 0. The van der Waals surface area contributed by atoms with Gasteiger partial charge in [0.15, 0.2) is 0 Å². The molecule has 0 aliphatic carbocycles. The zero-order chi connectivity index (χ0) is 13.4. The third kappa shape index (κ3) is 1.85. The molecule has 0 saturated carbocycles. The van der Waals surface area contributed by atoms with Crippen molar-refractivity contribution >= 4 is 11.2 Å². The number of pyridine rings is 1. The van der Waals surface area contributed by atoms with E-state index in [0.29, 0.717) is 0 Å². The van der Waals surface area contributed by atoms with Gasteiger partial charge in [0.1, 0.15) is 5.82 Å². The Kier molecular flexibility index (Phi) is 2.52. The van der Waals surface area contributed by atoms with Crippen LogP contribution in [0.4, 0.5) is 5.69 Å². The van der Waals surface area contributed by atoms with Gasteiger partial charge in [0.05, 0.1) is 22.3 Å². The second-order valence-corrected chi connectivity index (χ2v) is 4.28. The molecule has 0 bridgehead atoms. The Bertz CT molecular complexity index is 760. The van der Waals surface area contributed by atoms with Crippen LogP contribution < -0.4 is 0 Å². The molecule has 0 aliphatic rings. The molecule has 5 heteroatoms. The molecular weight excluding hydrogens is 242 g/mol. The number of hydrogen-bond acceptors (Lipinski definition) is 3. The van der Waals surface area contributed by atoms with Crippen LogP contribution in [0.1, 0.15) is 5.82 Å². The lowest BCUT2D eigenvalue weighted by Crippen LogP contribution is -1.94. The van der Waals surface area contributed by atoms with Gasteiger partial charge < -0.3 is 0 Å². The Morgan fingerprint density at radius 3 is 2.58 bits per heavy atom. The third-order valence-electron chi connectivity index (χ3n) is 3.10. The fraction of sp³-hybridized carbons (Fsp3) is 0.0714. The minimum Gasteiger partial charge on any atom is -0.297 e. The molecule has 0 N–H and O–H groups in total. The molecular formula is C14H11N3O2. The Balaban J connectivity index is 2.18. The quantitative estimate of drug-likeness (QED) is 0.520. The number of benzene rings is 1. The lowest BCUT2D eigenvalue weighted by Gasteiger charge is -2.07. The summed E-state index contributed by atoms with van der Waals surface area (Å²) in [7, 11) is 0. The average molecular weight is 253 g/mol. The molecule has 0 spiro atoms. The van der Waals surface area contributed by atoms with E-state index in [-0.39, 0.29) is 5.69 Å². The lowest BCUT2D eigenvalue weighted by atomic mass is 10.1. The van der Waals surface area contributed by atoms with Gasteiger partial charge in [-0.05, 0) is 36.8 Å². The van der Waals surface area contributed by atoms with E-state index in [2.05, 4.69) is 4.98 Å². The Morgan fingerprint density at radius 1 is 1.16 bits per heavy atom. The van der Waals surface area contributed by atoms with Gasteiger partial charge in [0.25, 0.3) is 5.69 Å². The number of nitro benzene ring substituents is 1. The van der Waals surface area contributed by atoms with Crippen molar-refractivity contribution in [3.8, 4) is 11.3 Å². The summed E-state index contributed by atoms with van der Waals surface area (Å²) in [6.07, 6.45) is 1.81. The van der Waals surface area contributed by atoms with Crippen molar-refractivity contribution < 1.29 is 4.92 Å². The molecule has 0 saturated heterocycles. The SMILES string of the molecule is Cc1ncc2cccc(-c3ccc([N+](=O)[O-])cc3)n12. The number of imidazole rings is 1. The van der Waals surface area contributed by atoms with Crippen LogP contribution in [0.2, 0.25) is 0 Å². The Morgan fingerprint density at radius 2 is 1.89 bits per heavy atom. The third-order valence-corrected chi connectivity index (χ3v) is 3.10.